The van der Waals surface area contributed by atoms with Crippen LogP contribution in [0.25, 0.3) is 0 Å². The van der Waals surface area contributed by atoms with Gasteiger partial charge in [-0.1, -0.05) is 24.3 Å². The van der Waals surface area contributed by atoms with Gasteiger partial charge in [0, 0.05) is 10.6 Å². The topological polar surface area (TPSA) is 37.3 Å². The maximum Gasteiger partial charge on any atom is 0.416 e. The number of hydrogen-bond donors (Lipinski definition) is 1. The van der Waals surface area contributed by atoms with Gasteiger partial charge in [0.15, 0.2) is 0 Å². The Hall–Kier alpha value is -1.95. The molecule has 0 unspecified atom stereocenters. The number of carboxylic acids is 1. The Kier molecular flexibility index (Phi) is 4.57. The van der Waals surface area contributed by atoms with Gasteiger partial charge < -0.3 is 5.11 Å². The Morgan fingerprint density at radius 3 is 2.48 bits per heavy atom. The van der Waals surface area contributed by atoms with Crippen molar-refractivity contribution in [3.05, 3.63) is 65.2 Å². The van der Waals surface area contributed by atoms with E-state index in [1.165, 1.54) is 36.0 Å². The molecule has 6 heteroatoms. The molecule has 1 N–H and O–H groups in total. The lowest BCUT2D eigenvalue weighted by Crippen LogP contribution is -2.08. The van der Waals surface area contributed by atoms with Crippen LogP contribution < -0.4 is 0 Å². The molecular formula is C15H11F3O2S. The third-order valence-corrected chi connectivity index (χ3v) is 3.84. The first-order valence-corrected chi connectivity index (χ1v) is 6.98. The highest BCUT2D eigenvalue weighted by Gasteiger charge is 2.32. The summed E-state index contributed by atoms with van der Waals surface area (Å²) < 4.78 is 38.6. The van der Waals surface area contributed by atoms with Gasteiger partial charge >= 0.3 is 12.1 Å². The second-order valence-electron chi connectivity index (χ2n) is 4.28. The van der Waals surface area contributed by atoms with Crippen LogP contribution in [0.1, 0.15) is 21.5 Å². The molecule has 0 heterocycles. The van der Waals surface area contributed by atoms with E-state index in [-0.39, 0.29) is 16.9 Å². The molecular weight excluding hydrogens is 301 g/mol. The summed E-state index contributed by atoms with van der Waals surface area (Å²) in [6.45, 7) is 0. The van der Waals surface area contributed by atoms with Crippen LogP contribution in [-0.4, -0.2) is 11.1 Å². The van der Waals surface area contributed by atoms with Crippen molar-refractivity contribution < 1.29 is 23.1 Å². The van der Waals surface area contributed by atoms with Crippen LogP contribution in [-0.2, 0) is 11.9 Å². The first-order chi connectivity index (χ1) is 9.88. The lowest BCUT2D eigenvalue weighted by atomic mass is 10.1. The Labute approximate surface area is 123 Å². The molecule has 2 nitrogen and oxygen atoms in total. The Morgan fingerprint density at radius 1 is 1.10 bits per heavy atom. The summed E-state index contributed by atoms with van der Waals surface area (Å²) in [5.74, 6) is -0.938. The average molecular weight is 312 g/mol. The molecule has 0 saturated heterocycles. The van der Waals surface area contributed by atoms with Crippen LogP contribution in [0, 0.1) is 0 Å². The molecule has 0 bridgehead atoms. The van der Waals surface area contributed by atoms with Gasteiger partial charge in [0.25, 0.3) is 0 Å². The van der Waals surface area contributed by atoms with Crippen LogP contribution in [0.4, 0.5) is 13.2 Å². The Morgan fingerprint density at radius 2 is 1.81 bits per heavy atom. The van der Waals surface area contributed by atoms with Crippen LogP contribution in [0.15, 0.2) is 53.4 Å². The molecule has 2 aromatic carbocycles. The van der Waals surface area contributed by atoms with Crippen molar-refractivity contribution in [1.29, 1.82) is 0 Å². The van der Waals surface area contributed by atoms with Gasteiger partial charge in [0.2, 0.25) is 0 Å². The summed E-state index contributed by atoms with van der Waals surface area (Å²) in [6.07, 6.45) is -4.39. The van der Waals surface area contributed by atoms with E-state index in [1.807, 2.05) is 0 Å². The molecule has 0 spiro atoms. The molecule has 0 radical (unpaired) electrons. The largest absolute Gasteiger partial charge is 0.478 e. The number of aromatic carboxylic acids is 1. The van der Waals surface area contributed by atoms with Crippen molar-refractivity contribution in [3.8, 4) is 0 Å². The number of carboxylic acid groups (broad SMARTS) is 1. The molecule has 0 atom stereocenters. The molecule has 0 amide bonds. The van der Waals surface area contributed by atoms with Gasteiger partial charge in [-0.25, -0.2) is 4.79 Å². The summed E-state index contributed by atoms with van der Waals surface area (Å²) >= 11 is 1.17. The Balaban J connectivity index is 2.17. The van der Waals surface area contributed by atoms with Crippen LogP contribution >= 0.6 is 11.8 Å². The third kappa shape index (κ3) is 4.01. The molecule has 0 aliphatic heterocycles. The van der Waals surface area contributed by atoms with Crippen LogP contribution in [0.5, 0.6) is 0 Å². The number of hydrogen-bond acceptors (Lipinski definition) is 2. The zero-order chi connectivity index (χ0) is 15.5. The summed E-state index contributed by atoms with van der Waals surface area (Å²) in [4.78, 5) is 11.5. The van der Waals surface area contributed by atoms with E-state index in [0.717, 1.165) is 6.07 Å². The zero-order valence-electron chi connectivity index (χ0n) is 10.7. The number of carbonyl (C=O) groups is 1. The monoisotopic (exact) mass is 312 g/mol. The number of thioether (sulfide) groups is 1. The van der Waals surface area contributed by atoms with Gasteiger partial charge in [-0.15, -0.1) is 11.8 Å². The van der Waals surface area contributed by atoms with Crippen molar-refractivity contribution in [1.82, 2.24) is 0 Å². The van der Waals surface area contributed by atoms with Gasteiger partial charge in [0.05, 0.1) is 11.1 Å². The fourth-order valence-corrected chi connectivity index (χ4v) is 2.76. The molecule has 0 aliphatic carbocycles. The SMILES string of the molecule is O=C(O)c1cccc(SCc2ccccc2C(F)(F)F)c1. The van der Waals surface area contributed by atoms with Gasteiger partial charge in [-0.3, -0.25) is 0 Å². The van der Waals surface area contributed by atoms with Gasteiger partial charge in [-0.2, -0.15) is 13.2 Å². The minimum Gasteiger partial charge on any atom is -0.478 e. The molecule has 21 heavy (non-hydrogen) atoms. The molecule has 2 rings (SSSR count). The van der Waals surface area contributed by atoms with Crippen LogP contribution in [0.2, 0.25) is 0 Å². The Bertz CT molecular complexity index is 653. The fourth-order valence-electron chi connectivity index (χ4n) is 1.80. The van der Waals surface area contributed by atoms with Crippen molar-refractivity contribution in [3.63, 3.8) is 0 Å². The highest BCUT2D eigenvalue weighted by Crippen LogP contribution is 2.34. The van der Waals surface area contributed by atoms with E-state index in [1.54, 1.807) is 18.2 Å². The molecule has 0 aromatic heterocycles. The van der Waals surface area contributed by atoms with E-state index in [4.69, 9.17) is 5.11 Å². The van der Waals surface area contributed by atoms with Crippen molar-refractivity contribution in [2.45, 2.75) is 16.8 Å². The second-order valence-corrected chi connectivity index (χ2v) is 5.33. The van der Waals surface area contributed by atoms with Crippen LogP contribution in [0.3, 0.4) is 0 Å². The minimum atomic E-state index is -4.39. The first kappa shape index (κ1) is 15.4. The third-order valence-electron chi connectivity index (χ3n) is 2.80. The molecule has 2 aromatic rings. The van der Waals surface area contributed by atoms with Crippen molar-refractivity contribution in [2.24, 2.45) is 0 Å². The van der Waals surface area contributed by atoms with E-state index >= 15 is 0 Å². The zero-order valence-corrected chi connectivity index (χ0v) is 11.5. The smallest absolute Gasteiger partial charge is 0.416 e. The average Bonchev–Trinajstić information content (AvgIpc) is 2.45. The molecule has 0 fully saturated rings. The lowest BCUT2D eigenvalue weighted by Gasteiger charge is -2.12. The van der Waals surface area contributed by atoms with Gasteiger partial charge in [0.1, 0.15) is 0 Å². The number of alkyl halides is 3. The van der Waals surface area contributed by atoms with E-state index in [0.29, 0.717) is 4.90 Å². The second kappa shape index (κ2) is 6.22. The van der Waals surface area contributed by atoms with Crippen molar-refractivity contribution >= 4 is 17.7 Å². The molecule has 0 aliphatic rings. The maximum atomic E-state index is 12.9. The summed E-state index contributed by atoms with van der Waals surface area (Å²) in [5.41, 5.74) is -0.369. The normalized spacial score (nSPS) is 11.4. The van der Waals surface area contributed by atoms with E-state index < -0.39 is 17.7 Å². The number of rotatable bonds is 4. The minimum absolute atomic E-state index is 0.115. The lowest BCUT2D eigenvalue weighted by molar-refractivity contribution is -0.138. The van der Waals surface area contributed by atoms with Gasteiger partial charge in [-0.05, 0) is 29.8 Å². The quantitative estimate of drug-likeness (QED) is 0.832. The maximum absolute atomic E-state index is 12.9. The predicted octanol–water partition coefficient (Wildman–Crippen LogP) is 4.70. The highest BCUT2D eigenvalue weighted by atomic mass is 32.2. The first-order valence-electron chi connectivity index (χ1n) is 5.99. The van der Waals surface area contributed by atoms with E-state index in [2.05, 4.69) is 0 Å². The fraction of sp³-hybridized carbons (Fsp3) is 0.133. The summed E-state index contributed by atoms with van der Waals surface area (Å²) in [7, 11) is 0. The number of benzene rings is 2. The van der Waals surface area contributed by atoms with Crippen molar-refractivity contribution in [2.75, 3.05) is 0 Å². The molecule has 110 valence electrons. The standard InChI is InChI=1S/C15H11F3O2S/c16-15(17,18)13-7-2-1-4-11(13)9-21-12-6-3-5-10(8-12)14(19)20/h1-8H,9H2,(H,19,20). The molecule has 0 saturated carbocycles. The number of halogens is 3. The predicted molar refractivity (Wildman–Crippen MR) is 74.4 cm³/mol. The summed E-state index contributed by atoms with van der Waals surface area (Å²) in [6, 6.07) is 11.5. The summed E-state index contributed by atoms with van der Waals surface area (Å²) in [5, 5.41) is 8.89. The highest BCUT2D eigenvalue weighted by molar-refractivity contribution is 7.98. The van der Waals surface area contributed by atoms with E-state index in [9.17, 15) is 18.0 Å².